The lowest BCUT2D eigenvalue weighted by molar-refractivity contribution is -0.177. The second-order valence-electron chi connectivity index (χ2n) is 22.2. The molecular weight excluding hydrogens is 955 g/mol. The summed E-state index contributed by atoms with van der Waals surface area (Å²) >= 11 is 0. The van der Waals surface area contributed by atoms with Gasteiger partial charge in [-0.15, -0.1) is 0 Å². The number of hydrogen-bond acceptors (Lipinski definition) is 16. The van der Waals surface area contributed by atoms with Crippen molar-refractivity contribution < 1.29 is 78.0 Å². The summed E-state index contributed by atoms with van der Waals surface area (Å²) in [5.74, 6) is -6.85. The molecule has 74 heavy (non-hydrogen) atoms. The van der Waals surface area contributed by atoms with E-state index in [1.165, 1.54) is 28.1 Å². The molecule has 2 fully saturated rings. The van der Waals surface area contributed by atoms with Gasteiger partial charge in [0.25, 0.3) is 11.7 Å². The number of aliphatic hydroxyl groups excluding tert-OH is 4. The van der Waals surface area contributed by atoms with Crippen LogP contribution in [-0.2, 0) is 52.5 Å². The van der Waals surface area contributed by atoms with Gasteiger partial charge in [0.15, 0.2) is 5.78 Å². The average molecular weight is 1050 g/mol. The molecule has 0 spiro atoms. The van der Waals surface area contributed by atoms with Gasteiger partial charge in [-0.1, -0.05) is 71.1 Å². The predicted octanol–water partition coefficient (Wildman–Crippen LogP) is 5.75. The summed E-state index contributed by atoms with van der Waals surface area (Å²) in [7, 11) is 4.40. The largest absolute Gasteiger partial charge is 0.460 e. The van der Waals surface area contributed by atoms with E-state index in [1.807, 2.05) is 51.2 Å². The average Bonchev–Trinajstić information content (AvgIpc) is 3.38. The van der Waals surface area contributed by atoms with E-state index in [0.717, 1.165) is 10.5 Å². The maximum Gasteiger partial charge on any atom is 0.329 e. The van der Waals surface area contributed by atoms with Gasteiger partial charge in [-0.3, -0.25) is 24.0 Å². The molecule has 1 saturated heterocycles. The van der Waals surface area contributed by atoms with Crippen LogP contribution in [0.15, 0.2) is 47.6 Å². The van der Waals surface area contributed by atoms with E-state index in [1.54, 1.807) is 40.9 Å². The maximum absolute atomic E-state index is 14.5. The van der Waals surface area contributed by atoms with Gasteiger partial charge in [0, 0.05) is 52.6 Å². The lowest BCUT2D eigenvalue weighted by Crippen LogP contribution is -2.57. The van der Waals surface area contributed by atoms with Crippen molar-refractivity contribution in [3.8, 4) is 0 Å². The fourth-order valence-corrected chi connectivity index (χ4v) is 10.3. The molecule has 2 aliphatic heterocycles. The smallest absolute Gasteiger partial charge is 0.329 e. The van der Waals surface area contributed by atoms with Crippen LogP contribution in [0.25, 0.3) is 0 Å². The molecule has 1 amide bonds. The van der Waals surface area contributed by atoms with Gasteiger partial charge in [-0.25, -0.2) is 4.79 Å². The van der Waals surface area contributed by atoms with Crippen LogP contribution in [0.1, 0.15) is 139 Å². The number of nitrogens with zero attached hydrogens (tertiary/aromatic N) is 1. The molecule has 1 aliphatic carbocycles. The van der Waals surface area contributed by atoms with Gasteiger partial charge in [0.05, 0.1) is 31.5 Å². The number of carbonyl (C=O) groups is 6. The molecule has 1 saturated carbocycles. The number of Topliss-reactive ketones (excluding diaryl/α,β-unsaturated/α-hetero) is 3. The number of piperidine rings is 1. The minimum atomic E-state index is -2.14. The number of hydrogen-bond donors (Lipinski definition) is 5. The van der Waals surface area contributed by atoms with Crippen LogP contribution in [0.5, 0.6) is 0 Å². The number of methoxy groups -OCH3 is 3. The van der Waals surface area contributed by atoms with Gasteiger partial charge < -0.3 is 54.1 Å². The van der Waals surface area contributed by atoms with Crippen molar-refractivity contribution in [2.75, 3.05) is 41.1 Å². The van der Waals surface area contributed by atoms with Crippen molar-refractivity contribution in [2.24, 2.45) is 40.9 Å². The highest BCUT2D eigenvalue weighted by atomic mass is 16.6. The number of cyclic esters (lactones) is 1. The number of fused-ring (bicyclic) bond motifs is 1. The summed E-state index contributed by atoms with van der Waals surface area (Å²) in [6.45, 7) is 14.0. The third-order valence-corrected chi connectivity index (χ3v) is 16.0. The first-order valence-corrected chi connectivity index (χ1v) is 26.7. The standard InChI is InChI=1S/C57H91NO16/c1-34-18-14-13-15-19-35(2)46(70-10)30-42(61)23-21-40(7)57(9,69)52(65)53(66)58-25-17-16-20-43(58)54(67)73-47(31-44(62)36(3)27-39(6)50(64)51(72-12)49(63)38(5)26-34)37(4)28-41-22-24-45(48(29-41)71-11)74-55(68)56(8,32-59)33-60/h13-15,18-19,27,34,36-38,40-43,45-48,50-51,59-61,64,69H,16-17,20-26,28-33H2,1-12H3/b15-13+,18-14+,35-19+,39-27+/t34-,36-,37-,38-,40-,41?,42+,43+,45-,46?,47+,48-,50-,51+,57+/m1/s1. The summed E-state index contributed by atoms with van der Waals surface area (Å²) in [5, 5.41) is 53.8. The Morgan fingerprint density at radius 3 is 2.15 bits per heavy atom. The monoisotopic (exact) mass is 1050 g/mol. The van der Waals surface area contributed by atoms with Gasteiger partial charge in [-0.2, -0.15) is 0 Å². The minimum Gasteiger partial charge on any atom is -0.460 e. The van der Waals surface area contributed by atoms with E-state index in [0.29, 0.717) is 50.5 Å². The predicted molar refractivity (Wildman–Crippen MR) is 278 cm³/mol. The number of esters is 2. The highest BCUT2D eigenvalue weighted by Gasteiger charge is 2.47. The Bertz CT molecular complexity index is 1990. The molecule has 15 atom stereocenters. The van der Waals surface area contributed by atoms with E-state index >= 15 is 0 Å². The molecule has 17 heteroatoms. The molecule has 0 aromatic rings. The van der Waals surface area contributed by atoms with Gasteiger partial charge in [0.1, 0.15) is 47.3 Å². The Morgan fingerprint density at radius 1 is 0.851 bits per heavy atom. The summed E-state index contributed by atoms with van der Waals surface area (Å²) in [4.78, 5) is 84.8. The quantitative estimate of drug-likeness (QED) is 0.0993. The zero-order chi connectivity index (χ0) is 55.7. The molecule has 0 radical (unpaired) electrons. The van der Waals surface area contributed by atoms with Crippen LogP contribution in [-0.4, -0.2) is 161 Å². The number of amides is 1. The van der Waals surface area contributed by atoms with Crippen molar-refractivity contribution in [1.82, 2.24) is 4.90 Å². The molecule has 0 bridgehead atoms. The number of allylic oxidation sites excluding steroid dienone is 6. The Balaban J connectivity index is 2.01. The van der Waals surface area contributed by atoms with Crippen LogP contribution in [0.2, 0.25) is 0 Å². The van der Waals surface area contributed by atoms with E-state index in [4.69, 9.17) is 23.7 Å². The molecule has 0 aromatic heterocycles. The maximum atomic E-state index is 14.5. The molecule has 0 aromatic carbocycles. The molecule has 17 nitrogen and oxygen atoms in total. The Morgan fingerprint density at radius 2 is 1.53 bits per heavy atom. The first kappa shape index (κ1) is 64.3. The fourth-order valence-electron chi connectivity index (χ4n) is 10.3. The lowest BCUT2D eigenvalue weighted by Gasteiger charge is -2.39. The lowest BCUT2D eigenvalue weighted by atomic mass is 9.78. The highest BCUT2D eigenvalue weighted by molar-refractivity contribution is 6.39. The van der Waals surface area contributed by atoms with Gasteiger partial charge >= 0.3 is 11.9 Å². The Labute approximate surface area is 440 Å². The number of carbonyl (C=O) groups excluding carboxylic acids is 6. The second-order valence-corrected chi connectivity index (χ2v) is 22.2. The molecule has 3 aliphatic rings. The van der Waals surface area contributed by atoms with E-state index in [2.05, 4.69) is 0 Å². The van der Waals surface area contributed by atoms with Crippen molar-refractivity contribution in [1.29, 1.82) is 0 Å². The van der Waals surface area contributed by atoms with Crippen molar-refractivity contribution in [3.63, 3.8) is 0 Å². The molecule has 2 heterocycles. The number of aliphatic hydroxyl groups is 5. The topological polar surface area (TPSA) is 253 Å². The normalized spacial score (nSPS) is 36.7. The summed E-state index contributed by atoms with van der Waals surface area (Å²) < 4.78 is 29.1. The van der Waals surface area contributed by atoms with Crippen LogP contribution in [0.3, 0.4) is 0 Å². The third-order valence-electron chi connectivity index (χ3n) is 16.0. The van der Waals surface area contributed by atoms with Crippen LogP contribution in [0.4, 0.5) is 0 Å². The zero-order valence-electron chi connectivity index (χ0n) is 46.3. The van der Waals surface area contributed by atoms with E-state index < -0.39 is 120 Å². The number of ether oxygens (including phenoxy) is 5. The van der Waals surface area contributed by atoms with Gasteiger partial charge in [0.2, 0.25) is 0 Å². The van der Waals surface area contributed by atoms with Crippen molar-refractivity contribution >= 4 is 35.2 Å². The van der Waals surface area contributed by atoms with Crippen LogP contribution < -0.4 is 0 Å². The summed E-state index contributed by atoms with van der Waals surface area (Å²) in [6, 6.07) is -1.19. The summed E-state index contributed by atoms with van der Waals surface area (Å²) in [5.41, 5.74) is -2.43. The van der Waals surface area contributed by atoms with Gasteiger partial charge in [-0.05, 0) is 127 Å². The number of rotatable bonds is 10. The highest BCUT2D eigenvalue weighted by Crippen LogP contribution is 2.37. The molecule has 420 valence electrons. The Kier molecular flexibility index (Phi) is 26.2. The molecule has 2 unspecified atom stereocenters. The molecular formula is C57H91NO16. The summed E-state index contributed by atoms with van der Waals surface area (Å²) in [6.07, 6.45) is 8.90. The van der Waals surface area contributed by atoms with Crippen molar-refractivity contribution in [2.45, 2.75) is 194 Å². The first-order chi connectivity index (χ1) is 34.8. The van der Waals surface area contributed by atoms with Crippen LogP contribution >= 0.6 is 0 Å². The fraction of sp³-hybridized carbons (Fsp3) is 0.754. The second kappa shape index (κ2) is 30.1. The molecule has 3 rings (SSSR count). The third kappa shape index (κ3) is 17.8. The molecule has 5 N–H and O–H groups in total. The number of ketones is 3. The van der Waals surface area contributed by atoms with Crippen LogP contribution in [0, 0.1) is 40.9 Å². The van der Waals surface area contributed by atoms with E-state index in [9.17, 15) is 54.3 Å². The zero-order valence-corrected chi connectivity index (χ0v) is 46.3. The SMILES string of the molecule is COC1C[C@@H](O)CC[C@@H](C)[C@](C)(O)C(=O)C(=O)N2CCCC[C@H]2C(=O)O[C@H]([C@H](C)CC2CC[C@@H](OC(=O)C(C)(CO)CO)[C@H](OC)C2)CC(=O)[C@H](C)/C=C(\C)[C@@H](O)[C@@H](OC)C(=O)[C@H](C)C[C@H](C)/C=C/C=C/C=C/1C. The van der Waals surface area contributed by atoms with Crippen molar-refractivity contribution in [3.05, 3.63) is 47.6 Å². The minimum absolute atomic E-state index is 0.0101. The first-order valence-electron chi connectivity index (χ1n) is 26.7. The Hall–Kier alpha value is -3.94. The van der Waals surface area contributed by atoms with E-state index in [-0.39, 0.29) is 62.1 Å².